The topological polar surface area (TPSA) is 111 Å². The number of nitrogens with two attached hydrogens (primary N) is 1. The third-order valence-electron chi connectivity index (χ3n) is 3.68. The molecule has 1 saturated heterocycles. The second kappa shape index (κ2) is 8.39. The van der Waals surface area contributed by atoms with Crippen LogP contribution in [0.25, 0.3) is 0 Å². The number of hydrogen-bond acceptors (Lipinski definition) is 5. The van der Waals surface area contributed by atoms with Gasteiger partial charge < -0.3 is 15.4 Å². The van der Waals surface area contributed by atoms with Crippen molar-refractivity contribution in [3.63, 3.8) is 0 Å². The quantitative estimate of drug-likeness (QED) is 0.565. The van der Waals surface area contributed by atoms with Crippen molar-refractivity contribution in [2.45, 2.75) is 30.3 Å². The SMILES string of the molecule is NS(=O)(=O)c1ccc(CCNCC(=O)NCC2CCCO2)cc1. The van der Waals surface area contributed by atoms with Crippen LogP contribution >= 0.6 is 0 Å². The maximum atomic E-state index is 11.7. The van der Waals surface area contributed by atoms with Crippen molar-refractivity contribution in [3.8, 4) is 0 Å². The van der Waals surface area contributed by atoms with E-state index in [0.717, 1.165) is 25.0 Å². The normalized spacial score (nSPS) is 18.0. The summed E-state index contributed by atoms with van der Waals surface area (Å²) in [7, 11) is -3.65. The zero-order valence-electron chi connectivity index (χ0n) is 13.0. The van der Waals surface area contributed by atoms with E-state index < -0.39 is 10.0 Å². The number of carbonyl (C=O) groups is 1. The lowest BCUT2D eigenvalue weighted by molar-refractivity contribution is -0.120. The van der Waals surface area contributed by atoms with Gasteiger partial charge in [-0.2, -0.15) is 0 Å². The number of rotatable bonds is 8. The zero-order valence-corrected chi connectivity index (χ0v) is 13.8. The number of nitrogens with one attached hydrogen (secondary N) is 2. The summed E-state index contributed by atoms with van der Waals surface area (Å²) in [4.78, 5) is 11.8. The molecule has 1 aliphatic heterocycles. The van der Waals surface area contributed by atoms with Gasteiger partial charge in [-0.25, -0.2) is 13.6 Å². The first kappa shape index (κ1) is 17.9. The van der Waals surface area contributed by atoms with E-state index >= 15 is 0 Å². The van der Waals surface area contributed by atoms with Crippen LogP contribution in [0.2, 0.25) is 0 Å². The Morgan fingerprint density at radius 3 is 2.65 bits per heavy atom. The number of sulfonamides is 1. The zero-order chi connectivity index (χ0) is 16.7. The molecule has 1 unspecified atom stereocenters. The highest BCUT2D eigenvalue weighted by atomic mass is 32.2. The third-order valence-corrected chi connectivity index (χ3v) is 4.61. The highest BCUT2D eigenvalue weighted by Crippen LogP contribution is 2.10. The average Bonchev–Trinajstić information content (AvgIpc) is 3.02. The molecule has 1 heterocycles. The van der Waals surface area contributed by atoms with E-state index in [0.29, 0.717) is 19.5 Å². The lowest BCUT2D eigenvalue weighted by Gasteiger charge is -2.11. The molecular formula is C15H23N3O4S. The average molecular weight is 341 g/mol. The molecule has 8 heteroatoms. The Hall–Kier alpha value is -1.48. The van der Waals surface area contributed by atoms with Crippen molar-refractivity contribution in [3.05, 3.63) is 29.8 Å². The van der Waals surface area contributed by atoms with Crippen molar-refractivity contribution in [1.29, 1.82) is 0 Å². The van der Waals surface area contributed by atoms with E-state index in [4.69, 9.17) is 9.88 Å². The minimum Gasteiger partial charge on any atom is -0.376 e. The fraction of sp³-hybridized carbons (Fsp3) is 0.533. The lowest BCUT2D eigenvalue weighted by atomic mass is 10.1. The molecule has 2 rings (SSSR count). The fourth-order valence-electron chi connectivity index (χ4n) is 2.38. The molecule has 0 aromatic heterocycles. The molecule has 1 aliphatic rings. The van der Waals surface area contributed by atoms with Gasteiger partial charge >= 0.3 is 0 Å². The van der Waals surface area contributed by atoms with Crippen molar-refractivity contribution < 1.29 is 17.9 Å². The summed E-state index contributed by atoms with van der Waals surface area (Å²) in [6, 6.07) is 6.41. The van der Waals surface area contributed by atoms with Crippen LogP contribution in [-0.4, -0.2) is 46.7 Å². The Labute approximate surface area is 136 Å². The van der Waals surface area contributed by atoms with Crippen molar-refractivity contribution in [2.24, 2.45) is 5.14 Å². The van der Waals surface area contributed by atoms with E-state index in [1.54, 1.807) is 12.1 Å². The highest BCUT2D eigenvalue weighted by molar-refractivity contribution is 7.89. The Morgan fingerprint density at radius 2 is 2.04 bits per heavy atom. The largest absolute Gasteiger partial charge is 0.376 e. The lowest BCUT2D eigenvalue weighted by Crippen LogP contribution is -2.38. The van der Waals surface area contributed by atoms with Crippen LogP contribution in [0.4, 0.5) is 0 Å². The molecule has 0 bridgehead atoms. The first-order valence-electron chi connectivity index (χ1n) is 7.66. The van der Waals surface area contributed by atoms with Gasteiger partial charge in [0.1, 0.15) is 0 Å². The predicted octanol–water partition coefficient (Wildman–Crippen LogP) is -0.239. The van der Waals surface area contributed by atoms with Gasteiger partial charge in [-0.3, -0.25) is 4.79 Å². The summed E-state index contributed by atoms with van der Waals surface area (Å²) >= 11 is 0. The van der Waals surface area contributed by atoms with Crippen LogP contribution in [0.3, 0.4) is 0 Å². The van der Waals surface area contributed by atoms with E-state index in [-0.39, 0.29) is 23.5 Å². The molecule has 128 valence electrons. The van der Waals surface area contributed by atoms with Gasteiger partial charge in [0.15, 0.2) is 0 Å². The molecule has 1 fully saturated rings. The van der Waals surface area contributed by atoms with Gasteiger partial charge in [0.05, 0.1) is 17.5 Å². The molecule has 0 spiro atoms. The van der Waals surface area contributed by atoms with Gasteiger partial charge in [0.2, 0.25) is 15.9 Å². The molecule has 0 radical (unpaired) electrons. The van der Waals surface area contributed by atoms with E-state index in [1.165, 1.54) is 12.1 Å². The number of ether oxygens (including phenoxy) is 1. The van der Waals surface area contributed by atoms with Crippen LogP contribution in [-0.2, 0) is 26.0 Å². The van der Waals surface area contributed by atoms with Crippen LogP contribution in [0.5, 0.6) is 0 Å². The Bertz CT molecular complexity index is 610. The first-order valence-corrected chi connectivity index (χ1v) is 9.20. The predicted molar refractivity (Wildman–Crippen MR) is 86.4 cm³/mol. The summed E-state index contributed by atoms with van der Waals surface area (Å²) in [5, 5.41) is 10.9. The van der Waals surface area contributed by atoms with E-state index in [9.17, 15) is 13.2 Å². The molecule has 1 aromatic carbocycles. The van der Waals surface area contributed by atoms with Crippen LogP contribution < -0.4 is 15.8 Å². The minimum atomic E-state index is -3.65. The number of hydrogen-bond donors (Lipinski definition) is 3. The fourth-order valence-corrected chi connectivity index (χ4v) is 2.89. The molecule has 0 saturated carbocycles. The molecule has 1 aromatic rings. The monoisotopic (exact) mass is 341 g/mol. The smallest absolute Gasteiger partial charge is 0.238 e. The van der Waals surface area contributed by atoms with Gasteiger partial charge in [0, 0.05) is 13.2 Å². The number of primary sulfonamides is 1. The molecule has 7 nitrogen and oxygen atoms in total. The van der Waals surface area contributed by atoms with Gasteiger partial charge in [-0.15, -0.1) is 0 Å². The molecule has 4 N–H and O–H groups in total. The summed E-state index contributed by atoms with van der Waals surface area (Å²) in [5.41, 5.74) is 0.977. The Morgan fingerprint density at radius 1 is 1.30 bits per heavy atom. The van der Waals surface area contributed by atoms with Gasteiger partial charge in [0.25, 0.3) is 0 Å². The van der Waals surface area contributed by atoms with Crippen LogP contribution in [0.1, 0.15) is 18.4 Å². The van der Waals surface area contributed by atoms with Crippen molar-refractivity contribution in [2.75, 3.05) is 26.2 Å². The molecule has 1 amide bonds. The number of amides is 1. The highest BCUT2D eigenvalue weighted by Gasteiger charge is 2.15. The Kier molecular flexibility index (Phi) is 6.52. The van der Waals surface area contributed by atoms with Crippen molar-refractivity contribution >= 4 is 15.9 Å². The van der Waals surface area contributed by atoms with Crippen LogP contribution in [0.15, 0.2) is 29.2 Å². The molecule has 1 atom stereocenters. The first-order chi connectivity index (χ1) is 10.9. The van der Waals surface area contributed by atoms with Gasteiger partial charge in [-0.1, -0.05) is 12.1 Å². The maximum absolute atomic E-state index is 11.7. The van der Waals surface area contributed by atoms with Crippen molar-refractivity contribution in [1.82, 2.24) is 10.6 Å². The summed E-state index contributed by atoms with van der Waals surface area (Å²) in [6.45, 7) is 2.22. The second-order valence-electron chi connectivity index (χ2n) is 5.55. The Balaban J connectivity index is 1.62. The standard InChI is InChI=1S/C15H23N3O4S/c16-23(20,21)14-5-3-12(4-6-14)7-8-17-11-15(19)18-10-13-2-1-9-22-13/h3-6,13,17H,1-2,7-11H2,(H,18,19)(H2,16,20,21). The molecule has 0 aliphatic carbocycles. The second-order valence-corrected chi connectivity index (χ2v) is 7.12. The molecule has 23 heavy (non-hydrogen) atoms. The third kappa shape index (κ3) is 6.26. The number of carbonyl (C=O) groups excluding carboxylic acids is 1. The van der Waals surface area contributed by atoms with Gasteiger partial charge in [-0.05, 0) is 43.5 Å². The summed E-state index contributed by atoms with van der Waals surface area (Å²) in [6.07, 6.45) is 2.91. The van der Waals surface area contributed by atoms with E-state index in [1.807, 2.05) is 0 Å². The summed E-state index contributed by atoms with van der Waals surface area (Å²) < 4.78 is 27.7. The van der Waals surface area contributed by atoms with E-state index in [2.05, 4.69) is 10.6 Å². The summed E-state index contributed by atoms with van der Waals surface area (Å²) in [5.74, 6) is -0.0509. The molecular weight excluding hydrogens is 318 g/mol. The number of benzene rings is 1. The maximum Gasteiger partial charge on any atom is 0.238 e. The van der Waals surface area contributed by atoms with Crippen LogP contribution in [0, 0.1) is 0 Å². The minimum absolute atomic E-state index is 0.0509.